The number of amides is 2. The van der Waals surface area contributed by atoms with Crippen molar-refractivity contribution < 1.29 is 33.3 Å². The third kappa shape index (κ3) is 5.28. The number of carbonyl (C=O) groups excluding carboxylic acids is 3. The zero-order valence-electron chi connectivity index (χ0n) is 16.7. The van der Waals surface area contributed by atoms with Gasteiger partial charge in [-0.15, -0.1) is 0 Å². The van der Waals surface area contributed by atoms with Crippen LogP contribution in [-0.4, -0.2) is 57.3 Å². The Bertz CT molecular complexity index is 721. The van der Waals surface area contributed by atoms with Gasteiger partial charge in [-0.25, -0.2) is 4.79 Å². The van der Waals surface area contributed by atoms with Crippen molar-refractivity contribution in [3.05, 3.63) is 17.7 Å². The summed E-state index contributed by atoms with van der Waals surface area (Å²) in [5.74, 6) is -0.610. The number of benzene rings is 1. The van der Waals surface area contributed by atoms with Gasteiger partial charge in [-0.2, -0.15) is 0 Å². The van der Waals surface area contributed by atoms with Gasteiger partial charge in [0.05, 0.1) is 21.3 Å². The summed E-state index contributed by atoms with van der Waals surface area (Å²) >= 11 is 0. The van der Waals surface area contributed by atoms with E-state index in [4.69, 9.17) is 18.9 Å². The summed E-state index contributed by atoms with van der Waals surface area (Å²) < 4.78 is 20.8. The second-order valence-electron chi connectivity index (χ2n) is 6.47. The van der Waals surface area contributed by atoms with E-state index in [9.17, 15) is 14.4 Å². The lowest BCUT2D eigenvalue weighted by molar-refractivity contribution is -0.156. The van der Waals surface area contributed by atoms with Crippen molar-refractivity contribution in [2.24, 2.45) is 0 Å². The van der Waals surface area contributed by atoms with Gasteiger partial charge in [-0.1, -0.05) is 0 Å². The number of esters is 1. The molecule has 0 radical (unpaired) electrons. The average Bonchev–Trinajstić information content (AvgIpc) is 3.50. The summed E-state index contributed by atoms with van der Waals surface area (Å²) in [5, 5.41) is 5.29. The van der Waals surface area contributed by atoms with Crippen LogP contribution in [0.1, 0.15) is 37.0 Å². The third-order valence-corrected chi connectivity index (χ3v) is 4.21. The molecule has 0 bridgehead atoms. The molecule has 1 saturated carbocycles. The SMILES string of the molecule is COc1cc(C(=O)N[C@@H](C)C(=O)O[C@H](C)C(=O)NC2CC2)cc(OC)c1OC. The van der Waals surface area contributed by atoms with Crippen LogP contribution in [0.15, 0.2) is 12.1 Å². The van der Waals surface area contributed by atoms with Gasteiger partial charge in [0.1, 0.15) is 6.04 Å². The van der Waals surface area contributed by atoms with E-state index in [0.29, 0.717) is 17.2 Å². The van der Waals surface area contributed by atoms with Gasteiger partial charge in [-0.05, 0) is 38.8 Å². The standard InChI is InChI=1S/C19H26N2O7/c1-10(19(24)28-11(2)17(22)21-13-6-7-13)20-18(23)12-8-14(25-3)16(27-5)15(9-12)26-4/h8-11,13H,6-7H2,1-5H3,(H,20,23)(H,21,22)/t10-,11+/m0/s1. The maximum atomic E-state index is 12.5. The van der Waals surface area contributed by atoms with E-state index in [1.165, 1.54) is 47.3 Å². The smallest absolute Gasteiger partial charge is 0.329 e. The first kappa shape index (κ1) is 21.3. The lowest BCUT2D eigenvalue weighted by Gasteiger charge is -2.18. The number of rotatable bonds is 9. The molecule has 2 N–H and O–H groups in total. The van der Waals surface area contributed by atoms with E-state index in [1.807, 2.05) is 0 Å². The van der Waals surface area contributed by atoms with Gasteiger partial charge in [0.25, 0.3) is 11.8 Å². The van der Waals surface area contributed by atoms with Crippen molar-refractivity contribution in [2.45, 2.75) is 44.9 Å². The Morgan fingerprint density at radius 3 is 2.04 bits per heavy atom. The summed E-state index contributed by atoms with van der Waals surface area (Å²) in [6.07, 6.45) is 0.940. The molecule has 0 heterocycles. The molecule has 28 heavy (non-hydrogen) atoms. The Morgan fingerprint density at radius 2 is 1.57 bits per heavy atom. The van der Waals surface area contributed by atoms with Crippen LogP contribution < -0.4 is 24.8 Å². The highest BCUT2D eigenvalue weighted by Crippen LogP contribution is 2.38. The molecule has 9 nitrogen and oxygen atoms in total. The van der Waals surface area contributed by atoms with E-state index in [1.54, 1.807) is 0 Å². The number of hydrogen-bond acceptors (Lipinski definition) is 7. The highest BCUT2D eigenvalue weighted by Gasteiger charge is 2.29. The molecule has 0 spiro atoms. The largest absolute Gasteiger partial charge is 0.493 e. The summed E-state index contributed by atoms with van der Waals surface area (Å²) in [4.78, 5) is 36.6. The third-order valence-electron chi connectivity index (χ3n) is 4.21. The van der Waals surface area contributed by atoms with Gasteiger partial charge >= 0.3 is 5.97 Å². The molecule has 0 aromatic heterocycles. The van der Waals surface area contributed by atoms with E-state index < -0.39 is 24.0 Å². The number of nitrogens with one attached hydrogen (secondary N) is 2. The fraction of sp³-hybridized carbons (Fsp3) is 0.526. The minimum atomic E-state index is -0.956. The Hall–Kier alpha value is -2.97. The Morgan fingerprint density at radius 1 is 1.00 bits per heavy atom. The lowest BCUT2D eigenvalue weighted by Crippen LogP contribution is -2.43. The zero-order valence-corrected chi connectivity index (χ0v) is 16.7. The molecule has 1 aliphatic rings. The average molecular weight is 394 g/mol. The van der Waals surface area contributed by atoms with Gasteiger partial charge < -0.3 is 29.6 Å². The summed E-state index contributed by atoms with van der Waals surface area (Å²) in [6.45, 7) is 2.97. The maximum Gasteiger partial charge on any atom is 0.329 e. The highest BCUT2D eigenvalue weighted by atomic mass is 16.5. The molecule has 0 aliphatic heterocycles. The van der Waals surface area contributed by atoms with Gasteiger partial charge in [-0.3, -0.25) is 9.59 Å². The van der Waals surface area contributed by atoms with E-state index in [2.05, 4.69) is 10.6 Å². The van der Waals surface area contributed by atoms with E-state index in [0.717, 1.165) is 12.8 Å². The van der Waals surface area contributed by atoms with Gasteiger partial charge in [0.2, 0.25) is 5.75 Å². The van der Waals surface area contributed by atoms with Crippen molar-refractivity contribution in [3.8, 4) is 17.2 Å². The molecule has 0 unspecified atom stereocenters. The van der Waals surface area contributed by atoms with Crippen LogP contribution in [0.4, 0.5) is 0 Å². The van der Waals surface area contributed by atoms with Gasteiger partial charge in [0.15, 0.2) is 17.6 Å². The van der Waals surface area contributed by atoms with Crippen molar-refractivity contribution in [1.29, 1.82) is 0 Å². The lowest BCUT2D eigenvalue weighted by atomic mass is 10.1. The van der Waals surface area contributed by atoms with Crippen LogP contribution in [0, 0.1) is 0 Å². The summed E-state index contributed by atoms with van der Waals surface area (Å²) in [6, 6.07) is 2.16. The molecular weight excluding hydrogens is 368 g/mol. The molecular formula is C19H26N2O7. The van der Waals surface area contributed by atoms with E-state index >= 15 is 0 Å². The van der Waals surface area contributed by atoms with Gasteiger partial charge in [0, 0.05) is 11.6 Å². The van der Waals surface area contributed by atoms with Crippen LogP contribution in [0.3, 0.4) is 0 Å². The summed E-state index contributed by atoms with van der Waals surface area (Å²) in [7, 11) is 4.33. The number of carbonyl (C=O) groups is 3. The van der Waals surface area contributed by atoms with Crippen LogP contribution in [0.25, 0.3) is 0 Å². The number of ether oxygens (including phenoxy) is 4. The molecule has 1 aromatic carbocycles. The predicted octanol–water partition coefficient (Wildman–Crippen LogP) is 1.04. The number of methoxy groups -OCH3 is 3. The molecule has 1 fully saturated rings. The molecule has 1 aliphatic carbocycles. The Balaban J connectivity index is 2.00. The van der Waals surface area contributed by atoms with Crippen molar-refractivity contribution >= 4 is 17.8 Å². The quantitative estimate of drug-likeness (QED) is 0.602. The first-order valence-corrected chi connectivity index (χ1v) is 8.92. The summed E-state index contributed by atoms with van der Waals surface area (Å²) in [5.41, 5.74) is 0.216. The maximum absolute atomic E-state index is 12.5. The topological polar surface area (TPSA) is 112 Å². The Labute approximate surface area is 163 Å². The molecule has 2 rings (SSSR count). The monoisotopic (exact) mass is 394 g/mol. The van der Waals surface area contributed by atoms with Crippen LogP contribution in [0.2, 0.25) is 0 Å². The van der Waals surface area contributed by atoms with Crippen LogP contribution >= 0.6 is 0 Å². The molecule has 2 amide bonds. The fourth-order valence-electron chi connectivity index (χ4n) is 2.43. The number of hydrogen-bond donors (Lipinski definition) is 2. The first-order valence-electron chi connectivity index (χ1n) is 8.92. The van der Waals surface area contributed by atoms with Crippen molar-refractivity contribution in [1.82, 2.24) is 10.6 Å². The molecule has 2 atom stereocenters. The van der Waals surface area contributed by atoms with Crippen LogP contribution in [-0.2, 0) is 14.3 Å². The minimum absolute atomic E-state index is 0.172. The normalized spacial score (nSPS) is 15.0. The first-order chi connectivity index (χ1) is 13.3. The highest BCUT2D eigenvalue weighted by molar-refractivity contribution is 5.98. The molecule has 0 saturated heterocycles. The second-order valence-corrected chi connectivity index (χ2v) is 6.47. The van der Waals surface area contributed by atoms with Crippen molar-refractivity contribution in [2.75, 3.05) is 21.3 Å². The molecule has 9 heteroatoms. The molecule has 154 valence electrons. The zero-order chi connectivity index (χ0) is 20.8. The van der Waals surface area contributed by atoms with E-state index in [-0.39, 0.29) is 17.5 Å². The fourth-order valence-corrected chi connectivity index (χ4v) is 2.43. The minimum Gasteiger partial charge on any atom is -0.493 e. The van der Waals surface area contributed by atoms with Crippen LogP contribution in [0.5, 0.6) is 17.2 Å². The van der Waals surface area contributed by atoms with Crippen molar-refractivity contribution in [3.63, 3.8) is 0 Å². The molecule has 1 aromatic rings. The Kier molecular flexibility index (Phi) is 7.08. The second kappa shape index (κ2) is 9.29. The predicted molar refractivity (Wildman–Crippen MR) is 99.7 cm³/mol.